The van der Waals surface area contributed by atoms with E-state index < -0.39 is 0 Å². The fourth-order valence-corrected chi connectivity index (χ4v) is 2.09. The Morgan fingerprint density at radius 2 is 1.75 bits per heavy atom. The molecule has 2 aromatic carbocycles. The maximum Gasteiger partial charge on any atom is 0.123 e. The molecule has 4 heteroatoms. The maximum atomic E-state index is 6.10. The van der Waals surface area contributed by atoms with Crippen LogP contribution in [0.25, 0.3) is 0 Å². The third-order valence-electron chi connectivity index (χ3n) is 2.58. The summed E-state index contributed by atoms with van der Waals surface area (Å²) in [4.78, 5) is 0. The van der Waals surface area contributed by atoms with Gasteiger partial charge in [-0.1, -0.05) is 29.3 Å². The van der Waals surface area contributed by atoms with Crippen molar-refractivity contribution in [3.8, 4) is 11.5 Å². The minimum atomic E-state index is 0.132. The van der Waals surface area contributed by atoms with E-state index in [0.29, 0.717) is 16.7 Å². The van der Waals surface area contributed by atoms with Gasteiger partial charge in [0.05, 0.1) is 6.10 Å². The molecule has 0 aliphatic rings. The molecule has 0 aliphatic carbocycles. The van der Waals surface area contributed by atoms with Crippen LogP contribution in [0.4, 0.5) is 0 Å². The van der Waals surface area contributed by atoms with Gasteiger partial charge in [0.2, 0.25) is 0 Å². The van der Waals surface area contributed by atoms with Crippen LogP contribution in [-0.4, -0.2) is 6.10 Å². The van der Waals surface area contributed by atoms with Crippen molar-refractivity contribution < 1.29 is 9.47 Å². The topological polar surface area (TPSA) is 18.5 Å². The summed E-state index contributed by atoms with van der Waals surface area (Å²) in [6, 6.07) is 12.9. The van der Waals surface area contributed by atoms with Crippen molar-refractivity contribution in [1.29, 1.82) is 0 Å². The number of hydrogen-bond acceptors (Lipinski definition) is 2. The number of benzene rings is 2. The first-order chi connectivity index (χ1) is 9.54. The lowest BCUT2D eigenvalue weighted by molar-refractivity contribution is 0.239. The highest BCUT2D eigenvalue weighted by molar-refractivity contribution is 6.33. The molecule has 0 amide bonds. The van der Waals surface area contributed by atoms with E-state index in [1.54, 1.807) is 18.2 Å². The molecule has 0 fully saturated rings. The molecule has 0 saturated heterocycles. The molecule has 0 radical (unpaired) electrons. The summed E-state index contributed by atoms with van der Waals surface area (Å²) in [6.45, 7) is 4.34. The van der Waals surface area contributed by atoms with Gasteiger partial charge in [0.1, 0.15) is 18.1 Å². The predicted octanol–water partition coefficient (Wildman–Crippen LogP) is 5.36. The van der Waals surface area contributed by atoms with E-state index in [1.807, 2.05) is 38.1 Å². The third-order valence-corrected chi connectivity index (χ3v) is 3.18. The van der Waals surface area contributed by atoms with E-state index in [4.69, 9.17) is 32.7 Å². The van der Waals surface area contributed by atoms with Crippen LogP contribution in [-0.2, 0) is 6.61 Å². The zero-order valence-electron chi connectivity index (χ0n) is 11.4. The summed E-state index contributed by atoms with van der Waals surface area (Å²) in [7, 11) is 0. The Kier molecular flexibility index (Phi) is 5.16. The van der Waals surface area contributed by atoms with Crippen LogP contribution in [0, 0.1) is 0 Å². The predicted molar refractivity (Wildman–Crippen MR) is 83.0 cm³/mol. The molecule has 2 aromatic rings. The highest BCUT2D eigenvalue weighted by atomic mass is 35.5. The first-order valence-electron chi connectivity index (χ1n) is 6.38. The van der Waals surface area contributed by atoms with Gasteiger partial charge in [0.25, 0.3) is 0 Å². The molecule has 0 saturated carbocycles. The van der Waals surface area contributed by atoms with Gasteiger partial charge in [-0.25, -0.2) is 0 Å². The van der Waals surface area contributed by atoms with Gasteiger partial charge in [-0.3, -0.25) is 0 Å². The smallest absolute Gasteiger partial charge is 0.123 e. The molecule has 0 heterocycles. The Balaban J connectivity index is 2.05. The second-order valence-electron chi connectivity index (χ2n) is 4.67. The summed E-state index contributed by atoms with van der Waals surface area (Å²) < 4.78 is 11.3. The Hall–Kier alpha value is -1.38. The highest BCUT2D eigenvalue weighted by Gasteiger charge is 2.04. The van der Waals surface area contributed by atoms with Crippen LogP contribution in [0.15, 0.2) is 42.5 Å². The summed E-state index contributed by atoms with van der Waals surface area (Å²) in [5.74, 6) is 1.52. The normalized spacial score (nSPS) is 10.7. The molecule has 0 aliphatic heterocycles. The second-order valence-corrected chi connectivity index (χ2v) is 5.51. The van der Waals surface area contributed by atoms with E-state index in [1.165, 1.54) is 0 Å². The standard InChI is InChI=1S/C16H16Cl2O2/c1-11(2)20-15-5-3-4-14(9-15)19-10-12-8-13(17)6-7-16(12)18/h3-9,11H,10H2,1-2H3. The Morgan fingerprint density at radius 3 is 2.50 bits per heavy atom. The van der Waals surface area contributed by atoms with Crippen molar-refractivity contribution in [3.05, 3.63) is 58.1 Å². The average molecular weight is 311 g/mol. The van der Waals surface area contributed by atoms with Gasteiger partial charge in [0, 0.05) is 21.7 Å². The van der Waals surface area contributed by atoms with Gasteiger partial charge in [0.15, 0.2) is 0 Å². The number of hydrogen-bond donors (Lipinski definition) is 0. The largest absolute Gasteiger partial charge is 0.491 e. The van der Waals surface area contributed by atoms with E-state index in [-0.39, 0.29) is 6.10 Å². The lowest BCUT2D eigenvalue weighted by Crippen LogP contribution is -2.05. The van der Waals surface area contributed by atoms with Crippen LogP contribution in [0.2, 0.25) is 10.0 Å². The molecule has 20 heavy (non-hydrogen) atoms. The van der Waals surface area contributed by atoms with Crippen molar-refractivity contribution in [3.63, 3.8) is 0 Å². The summed E-state index contributed by atoms with van der Waals surface area (Å²) in [5, 5.41) is 1.29. The summed E-state index contributed by atoms with van der Waals surface area (Å²) >= 11 is 12.0. The minimum Gasteiger partial charge on any atom is -0.491 e. The summed E-state index contributed by atoms with van der Waals surface area (Å²) in [5.41, 5.74) is 0.856. The van der Waals surface area contributed by atoms with Crippen LogP contribution in [0.3, 0.4) is 0 Å². The van der Waals surface area contributed by atoms with Crippen molar-refractivity contribution in [2.24, 2.45) is 0 Å². The second kappa shape index (κ2) is 6.87. The molecular weight excluding hydrogens is 295 g/mol. The molecule has 2 nitrogen and oxygen atoms in total. The number of halogens is 2. The SMILES string of the molecule is CC(C)Oc1cccc(OCc2cc(Cl)ccc2Cl)c1. The number of rotatable bonds is 5. The fourth-order valence-electron chi connectivity index (χ4n) is 1.72. The van der Waals surface area contributed by atoms with Crippen molar-refractivity contribution in [2.45, 2.75) is 26.6 Å². The molecule has 0 bridgehead atoms. The van der Waals surface area contributed by atoms with Gasteiger partial charge < -0.3 is 9.47 Å². The summed E-state index contributed by atoms with van der Waals surface area (Å²) in [6.07, 6.45) is 0.132. The van der Waals surface area contributed by atoms with E-state index in [0.717, 1.165) is 17.1 Å². The Morgan fingerprint density at radius 1 is 1.00 bits per heavy atom. The van der Waals surface area contributed by atoms with E-state index in [2.05, 4.69) is 0 Å². The van der Waals surface area contributed by atoms with Crippen LogP contribution < -0.4 is 9.47 Å². The molecule has 2 rings (SSSR count). The molecule has 0 N–H and O–H groups in total. The zero-order chi connectivity index (χ0) is 14.5. The maximum absolute atomic E-state index is 6.10. The molecular formula is C16H16Cl2O2. The molecule has 0 spiro atoms. The lowest BCUT2D eigenvalue weighted by atomic mass is 10.2. The van der Waals surface area contributed by atoms with Crippen LogP contribution >= 0.6 is 23.2 Å². The minimum absolute atomic E-state index is 0.132. The van der Waals surface area contributed by atoms with Gasteiger partial charge >= 0.3 is 0 Å². The van der Waals surface area contributed by atoms with Crippen LogP contribution in [0.5, 0.6) is 11.5 Å². The fraction of sp³-hybridized carbons (Fsp3) is 0.250. The van der Waals surface area contributed by atoms with Crippen molar-refractivity contribution >= 4 is 23.2 Å². The Labute approximate surface area is 129 Å². The van der Waals surface area contributed by atoms with Gasteiger partial charge in [-0.15, -0.1) is 0 Å². The van der Waals surface area contributed by atoms with Crippen LogP contribution in [0.1, 0.15) is 19.4 Å². The van der Waals surface area contributed by atoms with E-state index in [9.17, 15) is 0 Å². The first-order valence-corrected chi connectivity index (χ1v) is 7.13. The molecule has 0 aromatic heterocycles. The molecule has 0 unspecified atom stereocenters. The monoisotopic (exact) mass is 310 g/mol. The highest BCUT2D eigenvalue weighted by Crippen LogP contribution is 2.24. The Bertz CT molecular complexity index is 582. The van der Waals surface area contributed by atoms with Crippen molar-refractivity contribution in [1.82, 2.24) is 0 Å². The van der Waals surface area contributed by atoms with Gasteiger partial charge in [-0.05, 0) is 44.2 Å². The first kappa shape index (κ1) is 15.0. The van der Waals surface area contributed by atoms with E-state index >= 15 is 0 Å². The van der Waals surface area contributed by atoms with Crippen molar-refractivity contribution in [2.75, 3.05) is 0 Å². The lowest BCUT2D eigenvalue weighted by Gasteiger charge is -2.12. The average Bonchev–Trinajstić information content (AvgIpc) is 2.39. The van der Waals surface area contributed by atoms with Gasteiger partial charge in [-0.2, -0.15) is 0 Å². The quantitative estimate of drug-likeness (QED) is 0.740. The zero-order valence-corrected chi connectivity index (χ0v) is 12.9. The molecule has 106 valence electrons. The third kappa shape index (κ3) is 4.32. The number of ether oxygens (including phenoxy) is 2. The molecule has 0 atom stereocenters.